The third kappa shape index (κ3) is 4.28. The summed E-state index contributed by atoms with van der Waals surface area (Å²) in [4.78, 5) is 14.4. The summed E-state index contributed by atoms with van der Waals surface area (Å²) < 4.78 is 5.10. The van der Waals surface area contributed by atoms with Crippen LogP contribution in [0.4, 0.5) is 0 Å². The Morgan fingerprint density at radius 2 is 2.24 bits per heavy atom. The first-order valence-corrected chi connectivity index (χ1v) is 7.26. The van der Waals surface area contributed by atoms with Gasteiger partial charge in [-0.15, -0.1) is 0 Å². The molecule has 1 saturated heterocycles. The molecule has 0 bridgehead atoms. The zero-order valence-electron chi connectivity index (χ0n) is 12.3. The van der Waals surface area contributed by atoms with Crippen molar-refractivity contribution in [1.82, 2.24) is 10.2 Å². The molecule has 0 aromatic heterocycles. The molecule has 1 aliphatic heterocycles. The lowest BCUT2D eigenvalue weighted by Crippen LogP contribution is -2.42. The first-order valence-electron chi connectivity index (χ1n) is 7.26. The molecule has 1 unspecified atom stereocenters. The Bertz CT molecular complexity index is 501. The van der Waals surface area contributed by atoms with Gasteiger partial charge in [0, 0.05) is 31.8 Å². The second-order valence-electron chi connectivity index (χ2n) is 5.23. The van der Waals surface area contributed by atoms with Crippen molar-refractivity contribution in [3.8, 4) is 6.07 Å². The van der Waals surface area contributed by atoms with Crippen molar-refractivity contribution in [2.24, 2.45) is 0 Å². The van der Waals surface area contributed by atoms with Gasteiger partial charge in [0.2, 0.25) is 0 Å². The maximum Gasteiger partial charge on any atom is 0.253 e. The summed E-state index contributed by atoms with van der Waals surface area (Å²) in [5, 5.41) is 12.2. The maximum atomic E-state index is 12.6. The fourth-order valence-corrected chi connectivity index (χ4v) is 2.53. The van der Waals surface area contributed by atoms with Crippen molar-refractivity contribution in [1.29, 1.82) is 5.26 Å². The minimum Gasteiger partial charge on any atom is -0.383 e. The van der Waals surface area contributed by atoms with E-state index in [9.17, 15) is 4.79 Å². The van der Waals surface area contributed by atoms with Crippen LogP contribution in [0.25, 0.3) is 0 Å². The van der Waals surface area contributed by atoms with Crippen LogP contribution >= 0.6 is 0 Å². The van der Waals surface area contributed by atoms with Crippen LogP contribution in [0, 0.1) is 11.3 Å². The molecular formula is C16H21N3O2. The first-order chi connectivity index (χ1) is 10.2. The van der Waals surface area contributed by atoms with Gasteiger partial charge in [-0.25, -0.2) is 0 Å². The first kappa shape index (κ1) is 15.5. The van der Waals surface area contributed by atoms with Crippen molar-refractivity contribution >= 4 is 5.91 Å². The molecule has 1 aromatic carbocycles. The van der Waals surface area contributed by atoms with Crippen LogP contribution in [0.1, 0.15) is 28.8 Å². The molecule has 1 heterocycles. The van der Waals surface area contributed by atoms with E-state index >= 15 is 0 Å². The van der Waals surface area contributed by atoms with Crippen LogP contribution in [-0.4, -0.2) is 50.2 Å². The fourth-order valence-electron chi connectivity index (χ4n) is 2.53. The largest absolute Gasteiger partial charge is 0.383 e. The Kier molecular flexibility index (Phi) is 5.73. The predicted octanol–water partition coefficient (Wildman–Crippen LogP) is 1.40. The van der Waals surface area contributed by atoms with Gasteiger partial charge in [-0.2, -0.15) is 5.26 Å². The maximum absolute atomic E-state index is 12.6. The molecule has 1 atom stereocenters. The van der Waals surface area contributed by atoms with Gasteiger partial charge >= 0.3 is 0 Å². The van der Waals surface area contributed by atoms with Gasteiger partial charge in [-0.05, 0) is 43.7 Å². The number of methoxy groups -OCH3 is 1. The normalized spacial score (nSPS) is 17.4. The Morgan fingerprint density at radius 1 is 1.48 bits per heavy atom. The van der Waals surface area contributed by atoms with Crippen LogP contribution in [-0.2, 0) is 4.74 Å². The van der Waals surface area contributed by atoms with Crippen molar-refractivity contribution in [3.05, 3.63) is 35.4 Å². The van der Waals surface area contributed by atoms with E-state index in [0.717, 1.165) is 19.4 Å². The summed E-state index contributed by atoms with van der Waals surface area (Å²) in [6.07, 6.45) is 2.26. The number of nitrogens with zero attached hydrogens (tertiary/aromatic N) is 2. The summed E-state index contributed by atoms with van der Waals surface area (Å²) in [5.74, 6) is -0.00904. The Morgan fingerprint density at radius 3 is 2.81 bits per heavy atom. The molecule has 0 spiro atoms. The van der Waals surface area contributed by atoms with Crippen LogP contribution in [0.2, 0.25) is 0 Å². The molecule has 112 valence electrons. The van der Waals surface area contributed by atoms with E-state index < -0.39 is 0 Å². The van der Waals surface area contributed by atoms with Gasteiger partial charge in [0.25, 0.3) is 5.91 Å². The van der Waals surface area contributed by atoms with Crippen LogP contribution < -0.4 is 5.32 Å². The lowest BCUT2D eigenvalue weighted by molar-refractivity contribution is 0.0679. The predicted molar refractivity (Wildman–Crippen MR) is 80.0 cm³/mol. The zero-order valence-corrected chi connectivity index (χ0v) is 12.3. The zero-order chi connectivity index (χ0) is 15.1. The highest BCUT2D eigenvalue weighted by Crippen LogP contribution is 2.11. The van der Waals surface area contributed by atoms with Crippen molar-refractivity contribution in [2.45, 2.75) is 18.9 Å². The molecule has 21 heavy (non-hydrogen) atoms. The number of carbonyl (C=O) groups excluding carboxylic acids is 1. The smallest absolute Gasteiger partial charge is 0.253 e. The molecule has 5 heteroatoms. The summed E-state index contributed by atoms with van der Waals surface area (Å²) in [5.41, 5.74) is 1.18. The number of amides is 1. The van der Waals surface area contributed by atoms with Crippen molar-refractivity contribution in [2.75, 3.05) is 33.4 Å². The number of carbonyl (C=O) groups is 1. The molecule has 1 aliphatic rings. The van der Waals surface area contributed by atoms with Crippen molar-refractivity contribution in [3.63, 3.8) is 0 Å². The number of rotatable bonds is 6. The number of hydrogen-bond acceptors (Lipinski definition) is 4. The van der Waals surface area contributed by atoms with Crippen molar-refractivity contribution < 1.29 is 9.53 Å². The fraction of sp³-hybridized carbons (Fsp3) is 0.500. The lowest BCUT2D eigenvalue weighted by Gasteiger charge is -2.25. The molecular weight excluding hydrogens is 266 g/mol. The summed E-state index contributed by atoms with van der Waals surface area (Å²) in [7, 11) is 1.64. The summed E-state index contributed by atoms with van der Waals surface area (Å²) >= 11 is 0. The van der Waals surface area contributed by atoms with Gasteiger partial charge in [-0.1, -0.05) is 0 Å². The Balaban J connectivity index is 2.06. The van der Waals surface area contributed by atoms with E-state index in [0.29, 0.717) is 36.9 Å². The Hall–Kier alpha value is -1.90. The molecule has 0 radical (unpaired) electrons. The third-order valence-electron chi connectivity index (χ3n) is 3.72. The highest BCUT2D eigenvalue weighted by Gasteiger charge is 2.22. The van der Waals surface area contributed by atoms with Crippen LogP contribution in [0.3, 0.4) is 0 Å². The lowest BCUT2D eigenvalue weighted by atomic mass is 10.1. The number of ether oxygens (including phenoxy) is 1. The molecule has 5 nitrogen and oxygen atoms in total. The standard InChI is InChI=1S/C16H21N3O2/c1-21-10-9-19(12-15-3-2-8-18-15)16(20)14-6-4-13(11-17)5-7-14/h4-7,15,18H,2-3,8-10,12H2,1H3. The summed E-state index contributed by atoms with van der Waals surface area (Å²) in [6.45, 7) is 2.82. The van der Waals surface area contributed by atoms with Gasteiger partial charge in [0.15, 0.2) is 0 Å². The van der Waals surface area contributed by atoms with E-state index in [1.807, 2.05) is 4.90 Å². The molecule has 1 aromatic rings. The quantitative estimate of drug-likeness (QED) is 0.859. The van der Waals surface area contributed by atoms with Gasteiger partial charge in [0.1, 0.15) is 0 Å². The van der Waals surface area contributed by atoms with E-state index in [1.54, 1.807) is 31.4 Å². The molecule has 1 amide bonds. The van der Waals surface area contributed by atoms with E-state index in [4.69, 9.17) is 10.00 Å². The van der Waals surface area contributed by atoms with Gasteiger partial charge in [-0.3, -0.25) is 4.79 Å². The number of nitrogens with one attached hydrogen (secondary N) is 1. The van der Waals surface area contributed by atoms with E-state index in [-0.39, 0.29) is 5.91 Å². The second kappa shape index (κ2) is 7.77. The monoisotopic (exact) mass is 287 g/mol. The van der Waals surface area contributed by atoms with Gasteiger partial charge in [0.05, 0.1) is 18.2 Å². The van der Waals surface area contributed by atoms with E-state index in [1.165, 1.54) is 0 Å². The van der Waals surface area contributed by atoms with Crippen LogP contribution in [0.15, 0.2) is 24.3 Å². The molecule has 0 aliphatic carbocycles. The minimum atomic E-state index is -0.00904. The van der Waals surface area contributed by atoms with Gasteiger partial charge < -0.3 is 15.0 Å². The van der Waals surface area contributed by atoms with E-state index in [2.05, 4.69) is 11.4 Å². The molecule has 1 fully saturated rings. The minimum absolute atomic E-state index is 0.00904. The average molecular weight is 287 g/mol. The highest BCUT2D eigenvalue weighted by molar-refractivity contribution is 5.94. The number of benzene rings is 1. The Labute approximate surface area is 125 Å². The molecule has 0 saturated carbocycles. The number of hydrogen-bond donors (Lipinski definition) is 1. The summed E-state index contributed by atoms with van der Waals surface area (Å²) in [6, 6.07) is 9.20. The highest BCUT2D eigenvalue weighted by atomic mass is 16.5. The topological polar surface area (TPSA) is 65.4 Å². The average Bonchev–Trinajstić information content (AvgIpc) is 3.04. The SMILES string of the molecule is COCCN(CC1CCCN1)C(=O)c1ccc(C#N)cc1. The molecule has 2 rings (SSSR count). The van der Waals surface area contributed by atoms with Crippen LogP contribution in [0.5, 0.6) is 0 Å². The second-order valence-corrected chi connectivity index (χ2v) is 5.23. The third-order valence-corrected chi connectivity index (χ3v) is 3.72. The number of nitriles is 1. The molecule has 1 N–H and O–H groups in total.